The molecular formula is C15H19NO2. The summed E-state index contributed by atoms with van der Waals surface area (Å²) in [6.07, 6.45) is 5.25. The first-order valence-corrected chi connectivity index (χ1v) is 5.80. The predicted octanol–water partition coefficient (Wildman–Crippen LogP) is 1.91. The number of rotatable bonds is 4. The van der Waals surface area contributed by atoms with Crippen molar-refractivity contribution in [1.82, 2.24) is 5.32 Å². The summed E-state index contributed by atoms with van der Waals surface area (Å²) in [5.41, 5.74) is 2.15. The molecule has 0 aliphatic heterocycles. The molecule has 0 aromatic heterocycles. The lowest BCUT2D eigenvalue weighted by atomic mass is 9.87. The first kappa shape index (κ1) is 14.3. The quantitative estimate of drug-likeness (QED) is 0.650. The molecule has 3 heteroatoms. The maximum atomic E-state index is 12.0. The zero-order valence-electron chi connectivity index (χ0n) is 11.3. The van der Waals surface area contributed by atoms with E-state index in [1.165, 1.54) is 7.11 Å². The Balaban J connectivity index is 3.25. The summed E-state index contributed by atoms with van der Waals surface area (Å²) in [7, 11) is 1.38. The fourth-order valence-corrected chi connectivity index (χ4v) is 2.08. The van der Waals surface area contributed by atoms with Gasteiger partial charge in [0.15, 0.2) is 0 Å². The number of methoxy groups -OCH3 is 1. The van der Waals surface area contributed by atoms with E-state index in [0.29, 0.717) is 6.54 Å². The first-order valence-electron chi connectivity index (χ1n) is 5.80. The van der Waals surface area contributed by atoms with Gasteiger partial charge in [0.05, 0.1) is 13.7 Å². The van der Waals surface area contributed by atoms with Crippen molar-refractivity contribution >= 4 is 5.97 Å². The van der Waals surface area contributed by atoms with Crippen molar-refractivity contribution in [1.29, 1.82) is 0 Å². The number of benzene rings is 1. The number of carbonyl (C=O) groups excluding carboxylic acids is 1. The van der Waals surface area contributed by atoms with Crippen LogP contribution in [0.4, 0.5) is 0 Å². The number of hydrogen-bond acceptors (Lipinski definition) is 3. The molecular weight excluding hydrogens is 226 g/mol. The average Bonchev–Trinajstić information content (AvgIpc) is 2.34. The molecule has 1 atom stereocenters. The van der Waals surface area contributed by atoms with Crippen LogP contribution >= 0.6 is 0 Å². The van der Waals surface area contributed by atoms with Crippen LogP contribution < -0.4 is 5.32 Å². The van der Waals surface area contributed by atoms with Gasteiger partial charge in [0, 0.05) is 0 Å². The molecule has 0 aliphatic carbocycles. The van der Waals surface area contributed by atoms with Gasteiger partial charge in [-0.15, -0.1) is 6.42 Å². The van der Waals surface area contributed by atoms with E-state index in [-0.39, 0.29) is 5.97 Å². The molecule has 0 heterocycles. The summed E-state index contributed by atoms with van der Waals surface area (Å²) in [6.45, 7) is 6.08. The maximum absolute atomic E-state index is 12.0. The number of carbonyl (C=O) groups is 1. The summed E-state index contributed by atoms with van der Waals surface area (Å²) >= 11 is 0. The molecule has 1 N–H and O–H groups in total. The Morgan fingerprint density at radius 2 is 2.17 bits per heavy atom. The Kier molecular flexibility index (Phi) is 4.52. The van der Waals surface area contributed by atoms with E-state index in [0.717, 1.165) is 16.7 Å². The van der Waals surface area contributed by atoms with Crippen molar-refractivity contribution in [3.63, 3.8) is 0 Å². The average molecular weight is 245 g/mol. The predicted molar refractivity (Wildman–Crippen MR) is 72.1 cm³/mol. The second kappa shape index (κ2) is 5.70. The highest BCUT2D eigenvalue weighted by Crippen LogP contribution is 2.26. The molecule has 1 aromatic carbocycles. The molecule has 0 spiro atoms. The van der Waals surface area contributed by atoms with Crippen LogP contribution in [-0.4, -0.2) is 19.6 Å². The van der Waals surface area contributed by atoms with Gasteiger partial charge in [-0.1, -0.05) is 29.7 Å². The normalized spacial score (nSPS) is 13.5. The van der Waals surface area contributed by atoms with E-state index in [2.05, 4.69) is 11.2 Å². The van der Waals surface area contributed by atoms with E-state index in [1.54, 1.807) is 6.92 Å². The molecule has 1 rings (SSSR count). The molecule has 1 unspecified atom stereocenters. The van der Waals surface area contributed by atoms with Gasteiger partial charge in [0.25, 0.3) is 0 Å². The van der Waals surface area contributed by atoms with Crippen LogP contribution in [-0.2, 0) is 15.1 Å². The molecule has 0 bridgehead atoms. The van der Waals surface area contributed by atoms with Gasteiger partial charge in [-0.25, -0.2) is 4.79 Å². The van der Waals surface area contributed by atoms with Crippen molar-refractivity contribution in [2.45, 2.75) is 26.3 Å². The Morgan fingerprint density at radius 3 is 2.67 bits per heavy atom. The number of hydrogen-bond donors (Lipinski definition) is 1. The van der Waals surface area contributed by atoms with Crippen LogP contribution in [0.2, 0.25) is 0 Å². The third-order valence-electron chi connectivity index (χ3n) is 3.06. The van der Waals surface area contributed by atoms with Crippen LogP contribution in [0.1, 0.15) is 23.6 Å². The second-order valence-corrected chi connectivity index (χ2v) is 4.49. The maximum Gasteiger partial charge on any atom is 0.330 e. The van der Waals surface area contributed by atoms with Crippen molar-refractivity contribution in [3.8, 4) is 12.3 Å². The molecule has 3 nitrogen and oxygen atoms in total. The highest BCUT2D eigenvalue weighted by Gasteiger charge is 2.36. The zero-order valence-corrected chi connectivity index (χ0v) is 11.3. The smallest absolute Gasteiger partial charge is 0.330 e. The SMILES string of the molecule is C#CCNC(C)(C(=O)OC)c1ccc(C)cc1C. The van der Waals surface area contributed by atoms with Crippen molar-refractivity contribution in [3.05, 3.63) is 34.9 Å². The van der Waals surface area contributed by atoms with E-state index >= 15 is 0 Å². The van der Waals surface area contributed by atoms with Gasteiger partial charge in [-0.05, 0) is 31.9 Å². The minimum atomic E-state index is -0.918. The minimum absolute atomic E-state index is 0.304. The zero-order chi connectivity index (χ0) is 13.8. The van der Waals surface area contributed by atoms with Crippen LogP contribution in [0.15, 0.2) is 18.2 Å². The molecule has 0 amide bonds. The molecule has 96 valence electrons. The summed E-state index contributed by atoms with van der Waals surface area (Å²) in [6, 6.07) is 5.94. The van der Waals surface area contributed by atoms with Gasteiger partial charge < -0.3 is 4.74 Å². The minimum Gasteiger partial charge on any atom is -0.467 e. The summed E-state index contributed by atoms with van der Waals surface area (Å²) < 4.78 is 4.88. The lowest BCUT2D eigenvalue weighted by Gasteiger charge is -2.29. The summed E-state index contributed by atoms with van der Waals surface area (Å²) in [4.78, 5) is 12.0. The van der Waals surface area contributed by atoms with Crippen molar-refractivity contribution in [2.24, 2.45) is 0 Å². The molecule has 0 saturated carbocycles. The fraction of sp³-hybridized carbons (Fsp3) is 0.400. The first-order chi connectivity index (χ1) is 8.45. The Morgan fingerprint density at radius 1 is 1.50 bits per heavy atom. The number of ether oxygens (including phenoxy) is 1. The third-order valence-corrected chi connectivity index (χ3v) is 3.06. The van der Waals surface area contributed by atoms with Crippen LogP contribution in [0.3, 0.4) is 0 Å². The standard InChI is InChI=1S/C15H19NO2/c1-6-9-16-15(4,14(17)18-5)13-8-7-11(2)10-12(13)3/h1,7-8,10,16H,9H2,2-5H3. The van der Waals surface area contributed by atoms with E-state index in [9.17, 15) is 4.79 Å². The van der Waals surface area contributed by atoms with E-state index < -0.39 is 5.54 Å². The van der Waals surface area contributed by atoms with Gasteiger partial charge in [-0.2, -0.15) is 0 Å². The van der Waals surface area contributed by atoms with Gasteiger partial charge in [0.2, 0.25) is 0 Å². The Labute approximate surface area is 109 Å². The van der Waals surface area contributed by atoms with Gasteiger partial charge in [0.1, 0.15) is 5.54 Å². The van der Waals surface area contributed by atoms with Crippen LogP contribution in [0.5, 0.6) is 0 Å². The van der Waals surface area contributed by atoms with Gasteiger partial charge in [-0.3, -0.25) is 5.32 Å². The number of aryl methyl sites for hydroxylation is 2. The number of terminal acetylenes is 1. The lowest BCUT2D eigenvalue weighted by molar-refractivity contribution is -0.148. The lowest BCUT2D eigenvalue weighted by Crippen LogP contribution is -2.48. The second-order valence-electron chi connectivity index (χ2n) is 4.49. The van der Waals surface area contributed by atoms with Crippen molar-refractivity contribution < 1.29 is 9.53 Å². The molecule has 0 aliphatic rings. The molecule has 0 fully saturated rings. The molecule has 0 saturated heterocycles. The molecule has 1 aromatic rings. The third kappa shape index (κ3) is 2.72. The number of nitrogens with one attached hydrogen (secondary N) is 1. The highest BCUT2D eigenvalue weighted by atomic mass is 16.5. The topological polar surface area (TPSA) is 38.3 Å². The van der Waals surface area contributed by atoms with Crippen molar-refractivity contribution in [2.75, 3.05) is 13.7 Å². The van der Waals surface area contributed by atoms with Crippen LogP contribution in [0.25, 0.3) is 0 Å². The largest absolute Gasteiger partial charge is 0.467 e. The Hall–Kier alpha value is -1.79. The van der Waals surface area contributed by atoms with E-state index in [1.807, 2.05) is 32.0 Å². The summed E-state index contributed by atoms with van der Waals surface area (Å²) in [5.74, 6) is 2.14. The molecule has 18 heavy (non-hydrogen) atoms. The molecule has 0 radical (unpaired) electrons. The fourth-order valence-electron chi connectivity index (χ4n) is 2.08. The summed E-state index contributed by atoms with van der Waals surface area (Å²) in [5, 5.41) is 3.06. The number of esters is 1. The Bertz CT molecular complexity index is 488. The highest BCUT2D eigenvalue weighted by molar-refractivity contribution is 5.82. The van der Waals surface area contributed by atoms with Gasteiger partial charge >= 0.3 is 5.97 Å². The van der Waals surface area contributed by atoms with Crippen LogP contribution in [0, 0.1) is 26.2 Å². The van der Waals surface area contributed by atoms with E-state index in [4.69, 9.17) is 11.2 Å². The monoisotopic (exact) mass is 245 g/mol.